The van der Waals surface area contributed by atoms with Crippen molar-refractivity contribution in [1.82, 2.24) is 4.90 Å². The van der Waals surface area contributed by atoms with E-state index in [4.69, 9.17) is 32.7 Å². The van der Waals surface area contributed by atoms with Crippen LogP contribution < -0.4 is 0 Å². The second-order valence-corrected chi connectivity index (χ2v) is 11.3. The summed E-state index contributed by atoms with van der Waals surface area (Å²) in [6.45, 7) is 4.00. The summed E-state index contributed by atoms with van der Waals surface area (Å²) in [4.78, 5) is 29.3. The van der Waals surface area contributed by atoms with E-state index in [2.05, 4.69) is 22.6 Å². The molecule has 1 aliphatic rings. The van der Waals surface area contributed by atoms with Gasteiger partial charge in [-0.15, -0.1) is 0 Å². The number of amides is 1. The fraction of sp³-hybridized carbons (Fsp3) is 0.333. The molecule has 5 nitrogen and oxygen atoms in total. The van der Waals surface area contributed by atoms with Gasteiger partial charge in [0.1, 0.15) is 18.2 Å². The number of benzene rings is 3. The van der Waals surface area contributed by atoms with E-state index in [1.54, 1.807) is 24.0 Å². The molecule has 1 saturated heterocycles. The molecule has 4 atom stereocenters. The van der Waals surface area contributed by atoms with Gasteiger partial charge < -0.3 is 14.4 Å². The Labute approximate surface area is 247 Å². The number of carbonyl (C=O) groups is 2. The largest absolute Gasteiger partial charge is 0.464 e. The molecular weight excluding hydrogens is 636 g/mol. The average Bonchev–Trinajstić information content (AvgIpc) is 2.90. The lowest BCUT2D eigenvalue weighted by atomic mass is 9.88. The molecule has 1 aliphatic heterocycles. The van der Waals surface area contributed by atoms with E-state index in [1.165, 1.54) is 0 Å². The molecule has 1 amide bonds. The van der Waals surface area contributed by atoms with E-state index in [-0.39, 0.29) is 12.5 Å². The molecule has 0 aliphatic carbocycles. The van der Waals surface area contributed by atoms with Gasteiger partial charge in [0.15, 0.2) is 0 Å². The molecular formula is C30H30Cl2INO4. The molecule has 1 fully saturated rings. The van der Waals surface area contributed by atoms with Gasteiger partial charge >= 0.3 is 5.97 Å². The van der Waals surface area contributed by atoms with Crippen molar-refractivity contribution < 1.29 is 19.1 Å². The predicted molar refractivity (Wildman–Crippen MR) is 158 cm³/mol. The number of hydrogen-bond acceptors (Lipinski definition) is 4. The maximum atomic E-state index is 14.3. The molecule has 0 N–H and O–H groups in total. The van der Waals surface area contributed by atoms with Gasteiger partial charge in [0.25, 0.3) is 5.91 Å². The van der Waals surface area contributed by atoms with Crippen LogP contribution in [0.15, 0.2) is 72.8 Å². The highest BCUT2D eigenvalue weighted by Crippen LogP contribution is 2.44. The van der Waals surface area contributed by atoms with Crippen LogP contribution in [0.3, 0.4) is 0 Å². The Morgan fingerprint density at radius 2 is 1.63 bits per heavy atom. The standard InChI is InChI=1S/C30H30Cl2INO4/c1-3-6-25(30(36)37-4-2)34-27(20-9-13-22(31)14-10-20)28(21-11-15-23(32)16-12-21)38-26(29(34)35)18-19-7-5-8-24(33)17-19/h5,7-17,25-28H,3-4,6,18H2,1-2H3/t25-,26+,27-,28+/m1/s1. The van der Waals surface area contributed by atoms with Gasteiger partial charge in [-0.25, -0.2) is 4.79 Å². The minimum Gasteiger partial charge on any atom is -0.464 e. The lowest BCUT2D eigenvalue weighted by molar-refractivity contribution is -0.186. The molecule has 1 heterocycles. The molecule has 200 valence electrons. The van der Waals surface area contributed by atoms with Gasteiger partial charge in [-0.3, -0.25) is 4.79 Å². The molecule has 38 heavy (non-hydrogen) atoms. The Kier molecular flexibility index (Phi) is 10.1. The van der Waals surface area contributed by atoms with Gasteiger partial charge in [-0.05, 0) is 89.0 Å². The molecule has 0 aromatic heterocycles. The highest BCUT2D eigenvalue weighted by atomic mass is 127. The Hall–Kier alpha value is -2.13. The van der Waals surface area contributed by atoms with Crippen molar-refractivity contribution in [1.29, 1.82) is 0 Å². The fourth-order valence-corrected chi connectivity index (χ4v) is 5.77. The number of hydrogen-bond donors (Lipinski definition) is 0. The lowest BCUT2D eigenvalue weighted by Crippen LogP contribution is -2.57. The number of carbonyl (C=O) groups excluding carboxylic acids is 2. The summed E-state index contributed by atoms with van der Waals surface area (Å²) in [6, 6.07) is 21.4. The number of esters is 1. The van der Waals surface area contributed by atoms with E-state index >= 15 is 0 Å². The predicted octanol–water partition coefficient (Wildman–Crippen LogP) is 7.58. The fourth-order valence-electron chi connectivity index (χ4n) is 4.91. The van der Waals surface area contributed by atoms with Gasteiger partial charge in [0, 0.05) is 20.0 Å². The first-order chi connectivity index (χ1) is 18.3. The van der Waals surface area contributed by atoms with Crippen LogP contribution in [0.1, 0.15) is 55.5 Å². The number of nitrogens with zero attached hydrogens (tertiary/aromatic N) is 1. The van der Waals surface area contributed by atoms with Crippen LogP contribution in [0, 0.1) is 3.57 Å². The second-order valence-electron chi connectivity index (χ2n) is 9.23. The first-order valence-corrected chi connectivity index (χ1v) is 14.6. The third-order valence-corrected chi connectivity index (χ3v) is 7.78. The lowest BCUT2D eigenvalue weighted by Gasteiger charge is -2.47. The molecule has 3 aromatic carbocycles. The van der Waals surface area contributed by atoms with Crippen LogP contribution >= 0.6 is 45.8 Å². The maximum absolute atomic E-state index is 14.3. The number of ether oxygens (including phenoxy) is 2. The van der Waals surface area contributed by atoms with Crippen molar-refractivity contribution in [2.75, 3.05) is 6.61 Å². The average molecular weight is 666 g/mol. The van der Waals surface area contributed by atoms with E-state index < -0.39 is 30.3 Å². The van der Waals surface area contributed by atoms with Gasteiger partial charge in [0.2, 0.25) is 0 Å². The highest BCUT2D eigenvalue weighted by molar-refractivity contribution is 14.1. The van der Waals surface area contributed by atoms with Crippen molar-refractivity contribution in [3.05, 3.63) is 103 Å². The van der Waals surface area contributed by atoms with E-state index in [9.17, 15) is 9.59 Å². The highest BCUT2D eigenvalue weighted by Gasteiger charge is 2.48. The molecule has 0 radical (unpaired) electrons. The zero-order valence-electron chi connectivity index (χ0n) is 21.3. The third kappa shape index (κ3) is 6.71. The van der Waals surface area contributed by atoms with Crippen LogP contribution in [-0.4, -0.2) is 35.5 Å². The molecule has 0 bridgehead atoms. The van der Waals surface area contributed by atoms with Crippen LogP contribution in [0.4, 0.5) is 0 Å². The summed E-state index contributed by atoms with van der Waals surface area (Å²) in [5.74, 6) is -0.646. The maximum Gasteiger partial charge on any atom is 0.328 e. The summed E-state index contributed by atoms with van der Waals surface area (Å²) in [6.07, 6.45) is 0.219. The van der Waals surface area contributed by atoms with E-state index in [1.807, 2.05) is 67.6 Å². The molecule has 0 unspecified atom stereocenters. The number of halogens is 3. The van der Waals surface area contributed by atoms with Crippen molar-refractivity contribution in [3.8, 4) is 0 Å². The zero-order valence-corrected chi connectivity index (χ0v) is 24.9. The van der Waals surface area contributed by atoms with Crippen molar-refractivity contribution in [2.45, 2.75) is 57.4 Å². The molecule has 0 spiro atoms. The molecule has 0 saturated carbocycles. The van der Waals surface area contributed by atoms with Crippen molar-refractivity contribution in [2.24, 2.45) is 0 Å². The normalized spacial score (nSPS) is 20.3. The Bertz CT molecular complexity index is 1250. The van der Waals surface area contributed by atoms with E-state index in [0.717, 1.165) is 20.3 Å². The topological polar surface area (TPSA) is 55.8 Å². The van der Waals surface area contributed by atoms with Gasteiger partial charge in [-0.2, -0.15) is 0 Å². The van der Waals surface area contributed by atoms with Crippen molar-refractivity contribution >= 4 is 57.7 Å². The van der Waals surface area contributed by atoms with Crippen LogP contribution in [-0.2, 0) is 25.5 Å². The molecule has 4 rings (SSSR count). The van der Waals surface area contributed by atoms with Crippen LogP contribution in [0.25, 0.3) is 0 Å². The molecule has 8 heteroatoms. The summed E-state index contributed by atoms with van der Waals surface area (Å²) in [5.41, 5.74) is 2.66. The SMILES string of the molecule is CCC[C@H](C(=O)OCC)N1C(=O)[C@H](Cc2cccc(I)c2)O[C@@H](c2ccc(Cl)cc2)[C@H]1c1ccc(Cl)cc1. The summed E-state index contributed by atoms with van der Waals surface area (Å²) < 4.78 is 13.2. The number of rotatable bonds is 9. The van der Waals surface area contributed by atoms with Gasteiger partial charge in [0.05, 0.1) is 12.6 Å². The monoisotopic (exact) mass is 665 g/mol. The van der Waals surface area contributed by atoms with Crippen LogP contribution in [0.2, 0.25) is 10.0 Å². The molecule has 3 aromatic rings. The smallest absolute Gasteiger partial charge is 0.328 e. The first kappa shape index (κ1) is 28.9. The zero-order chi connectivity index (χ0) is 27.2. The summed E-state index contributed by atoms with van der Waals surface area (Å²) in [7, 11) is 0. The first-order valence-electron chi connectivity index (χ1n) is 12.7. The van der Waals surface area contributed by atoms with Gasteiger partial charge in [-0.1, -0.05) is 72.9 Å². The second kappa shape index (κ2) is 13.3. The Morgan fingerprint density at radius 3 is 2.21 bits per heavy atom. The summed E-state index contributed by atoms with van der Waals surface area (Å²) >= 11 is 14.7. The van der Waals surface area contributed by atoms with Crippen LogP contribution in [0.5, 0.6) is 0 Å². The third-order valence-electron chi connectivity index (χ3n) is 6.60. The summed E-state index contributed by atoms with van der Waals surface area (Å²) in [5, 5.41) is 1.18. The minimum atomic E-state index is -0.786. The quantitative estimate of drug-likeness (QED) is 0.175. The van der Waals surface area contributed by atoms with Crippen molar-refractivity contribution in [3.63, 3.8) is 0 Å². The Morgan fingerprint density at radius 1 is 1.00 bits per heavy atom. The van der Waals surface area contributed by atoms with E-state index in [0.29, 0.717) is 29.3 Å². The Balaban J connectivity index is 1.86. The minimum absolute atomic E-state index is 0.232. The number of morpholine rings is 1.